The average Bonchev–Trinajstić information content (AvgIpc) is 3.26. The van der Waals surface area contributed by atoms with E-state index in [2.05, 4.69) is 25.8 Å². The zero-order valence-electron chi connectivity index (χ0n) is 13.9. The van der Waals surface area contributed by atoms with Crippen molar-refractivity contribution >= 4 is 33.3 Å². The molecule has 0 unspecified atom stereocenters. The highest BCUT2D eigenvalue weighted by molar-refractivity contribution is 7.15. The molecule has 4 aromatic rings. The monoisotopic (exact) mass is 370 g/mol. The highest BCUT2D eigenvalue weighted by Gasteiger charge is 2.17. The van der Waals surface area contributed by atoms with Gasteiger partial charge in [-0.15, -0.1) is 15.3 Å². The SMILES string of the molecule is Cn1c(=O)c2c(nnn2Cc2nnc(Nc3ccccc3)s2)n(C)c1=O. The first-order chi connectivity index (χ1) is 12.5. The molecule has 4 rings (SSSR count). The molecular formula is C15H14N8O2S. The second kappa shape index (κ2) is 6.19. The third-order valence-electron chi connectivity index (χ3n) is 3.89. The molecule has 0 fully saturated rings. The van der Waals surface area contributed by atoms with Gasteiger partial charge in [-0.2, -0.15) is 0 Å². The van der Waals surface area contributed by atoms with Crippen molar-refractivity contribution in [3.8, 4) is 0 Å². The predicted molar refractivity (Wildman–Crippen MR) is 96.7 cm³/mol. The maximum Gasteiger partial charge on any atom is 0.332 e. The van der Waals surface area contributed by atoms with Gasteiger partial charge in [0.15, 0.2) is 11.2 Å². The van der Waals surface area contributed by atoms with E-state index in [0.29, 0.717) is 10.1 Å². The summed E-state index contributed by atoms with van der Waals surface area (Å²) in [5, 5.41) is 20.6. The summed E-state index contributed by atoms with van der Waals surface area (Å²) in [6.45, 7) is 0.234. The smallest absolute Gasteiger partial charge is 0.330 e. The number of nitrogens with zero attached hydrogens (tertiary/aromatic N) is 7. The molecule has 0 aliphatic rings. The van der Waals surface area contributed by atoms with E-state index < -0.39 is 11.2 Å². The van der Waals surface area contributed by atoms with Crippen LogP contribution in [0.2, 0.25) is 0 Å². The Labute approximate surface area is 150 Å². The van der Waals surface area contributed by atoms with Crippen LogP contribution in [0.4, 0.5) is 10.8 Å². The topological polar surface area (TPSA) is 113 Å². The fraction of sp³-hybridized carbons (Fsp3) is 0.200. The van der Waals surface area contributed by atoms with E-state index in [-0.39, 0.29) is 17.7 Å². The normalized spacial score (nSPS) is 11.2. The lowest BCUT2D eigenvalue weighted by atomic mass is 10.3. The molecule has 0 radical (unpaired) electrons. The molecule has 3 aromatic heterocycles. The molecule has 0 saturated carbocycles. The molecule has 1 N–H and O–H groups in total. The van der Waals surface area contributed by atoms with Gasteiger partial charge in [0, 0.05) is 19.8 Å². The fourth-order valence-corrected chi connectivity index (χ4v) is 3.29. The molecule has 1 aromatic carbocycles. The van der Waals surface area contributed by atoms with E-state index in [4.69, 9.17) is 0 Å². The third-order valence-corrected chi connectivity index (χ3v) is 4.72. The van der Waals surface area contributed by atoms with Crippen LogP contribution >= 0.6 is 11.3 Å². The minimum atomic E-state index is -0.445. The molecule has 26 heavy (non-hydrogen) atoms. The Balaban J connectivity index is 1.67. The number of fused-ring (bicyclic) bond motifs is 1. The van der Waals surface area contributed by atoms with Crippen LogP contribution in [0.25, 0.3) is 11.2 Å². The molecule has 10 nitrogen and oxygen atoms in total. The predicted octanol–water partition coefficient (Wildman–Crippen LogP) is 0.472. The van der Waals surface area contributed by atoms with Crippen molar-refractivity contribution in [2.75, 3.05) is 5.32 Å². The molecule has 0 spiro atoms. The molecule has 0 amide bonds. The van der Waals surface area contributed by atoms with E-state index in [1.807, 2.05) is 30.3 Å². The lowest BCUT2D eigenvalue weighted by molar-refractivity contribution is 0.656. The molecule has 0 bridgehead atoms. The maximum atomic E-state index is 12.4. The molecule has 0 saturated heterocycles. The zero-order chi connectivity index (χ0) is 18.3. The van der Waals surface area contributed by atoms with Gasteiger partial charge in [0.05, 0.1) is 6.54 Å². The number of para-hydroxylation sites is 1. The summed E-state index contributed by atoms with van der Waals surface area (Å²) in [6, 6.07) is 9.63. The largest absolute Gasteiger partial charge is 0.332 e. The number of hydrogen-bond donors (Lipinski definition) is 1. The first-order valence-corrected chi connectivity index (χ1v) is 8.50. The van der Waals surface area contributed by atoms with Crippen molar-refractivity contribution in [2.45, 2.75) is 6.54 Å². The number of benzene rings is 1. The Kier molecular flexibility index (Phi) is 3.84. The van der Waals surface area contributed by atoms with Crippen LogP contribution in [0, 0.1) is 0 Å². The van der Waals surface area contributed by atoms with Crippen molar-refractivity contribution in [2.24, 2.45) is 14.1 Å². The summed E-state index contributed by atoms with van der Waals surface area (Å²) in [5.74, 6) is 0. The summed E-state index contributed by atoms with van der Waals surface area (Å²) in [7, 11) is 2.98. The second-order valence-corrected chi connectivity index (χ2v) is 6.68. The van der Waals surface area contributed by atoms with Gasteiger partial charge < -0.3 is 5.32 Å². The number of aryl methyl sites for hydroxylation is 1. The number of aromatic nitrogens is 7. The highest BCUT2D eigenvalue weighted by Crippen LogP contribution is 2.21. The molecule has 3 heterocycles. The Hall–Kier alpha value is -3.34. The number of rotatable bonds is 4. The van der Waals surface area contributed by atoms with Crippen molar-refractivity contribution in [1.29, 1.82) is 0 Å². The number of nitrogens with one attached hydrogen (secondary N) is 1. The molecule has 0 aliphatic heterocycles. The zero-order valence-corrected chi connectivity index (χ0v) is 14.8. The second-order valence-electron chi connectivity index (χ2n) is 5.62. The Morgan fingerprint density at radius 2 is 1.81 bits per heavy atom. The van der Waals surface area contributed by atoms with Gasteiger partial charge >= 0.3 is 5.69 Å². The van der Waals surface area contributed by atoms with E-state index >= 15 is 0 Å². The lowest BCUT2D eigenvalue weighted by Gasteiger charge is -2.03. The lowest BCUT2D eigenvalue weighted by Crippen LogP contribution is -2.37. The molecular weight excluding hydrogens is 356 g/mol. The van der Waals surface area contributed by atoms with Crippen LogP contribution in [0.5, 0.6) is 0 Å². The van der Waals surface area contributed by atoms with Crippen LogP contribution in [-0.4, -0.2) is 34.3 Å². The van der Waals surface area contributed by atoms with Gasteiger partial charge in [-0.05, 0) is 12.1 Å². The number of anilines is 2. The summed E-state index contributed by atoms with van der Waals surface area (Å²) in [4.78, 5) is 24.4. The summed E-state index contributed by atoms with van der Waals surface area (Å²) >= 11 is 1.35. The van der Waals surface area contributed by atoms with Gasteiger partial charge in [0.1, 0.15) is 5.01 Å². The molecule has 0 aliphatic carbocycles. The van der Waals surface area contributed by atoms with Crippen LogP contribution in [-0.2, 0) is 20.6 Å². The number of hydrogen-bond acceptors (Lipinski definition) is 8. The molecule has 11 heteroatoms. The van der Waals surface area contributed by atoms with Crippen LogP contribution < -0.4 is 16.6 Å². The molecule has 132 valence electrons. The Morgan fingerprint density at radius 3 is 2.58 bits per heavy atom. The van der Waals surface area contributed by atoms with Crippen LogP contribution in [0.15, 0.2) is 39.9 Å². The quantitative estimate of drug-likeness (QED) is 0.556. The highest BCUT2D eigenvalue weighted by atomic mass is 32.1. The van der Waals surface area contributed by atoms with Gasteiger partial charge in [0.25, 0.3) is 5.56 Å². The first kappa shape index (κ1) is 16.1. The summed E-state index contributed by atoms with van der Waals surface area (Å²) in [6.07, 6.45) is 0. The minimum Gasteiger partial charge on any atom is -0.330 e. The van der Waals surface area contributed by atoms with E-state index in [0.717, 1.165) is 10.3 Å². The van der Waals surface area contributed by atoms with Crippen LogP contribution in [0.1, 0.15) is 5.01 Å². The van der Waals surface area contributed by atoms with E-state index in [1.54, 1.807) is 7.05 Å². The standard InChI is InChI=1S/C15H14N8O2S/c1-21-12-11(13(24)22(2)15(21)25)23(20-18-12)8-10-17-19-14(26-10)16-9-6-4-3-5-7-9/h3-7H,8H2,1-2H3,(H,16,19). The van der Waals surface area contributed by atoms with E-state index in [1.165, 1.54) is 27.6 Å². The van der Waals surface area contributed by atoms with Gasteiger partial charge in [-0.3, -0.25) is 13.9 Å². The minimum absolute atomic E-state index is 0.234. The average molecular weight is 370 g/mol. The van der Waals surface area contributed by atoms with Crippen LogP contribution in [0.3, 0.4) is 0 Å². The Bertz CT molecular complexity index is 1200. The van der Waals surface area contributed by atoms with Crippen molar-refractivity contribution in [3.05, 3.63) is 56.2 Å². The van der Waals surface area contributed by atoms with Crippen molar-refractivity contribution in [1.82, 2.24) is 34.3 Å². The van der Waals surface area contributed by atoms with Gasteiger partial charge in [0.2, 0.25) is 5.13 Å². The molecule has 0 atom stereocenters. The summed E-state index contributed by atoms with van der Waals surface area (Å²) in [5.41, 5.74) is 0.512. The van der Waals surface area contributed by atoms with Crippen molar-refractivity contribution < 1.29 is 0 Å². The van der Waals surface area contributed by atoms with Gasteiger partial charge in [-0.25, -0.2) is 9.48 Å². The van der Waals surface area contributed by atoms with Crippen molar-refractivity contribution in [3.63, 3.8) is 0 Å². The maximum absolute atomic E-state index is 12.4. The fourth-order valence-electron chi connectivity index (χ4n) is 2.55. The van der Waals surface area contributed by atoms with Gasteiger partial charge in [-0.1, -0.05) is 34.7 Å². The third kappa shape index (κ3) is 2.67. The van der Waals surface area contributed by atoms with E-state index in [9.17, 15) is 9.59 Å². The Morgan fingerprint density at radius 1 is 1.04 bits per heavy atom. The first-order valence-electron chi connectivity index (χ1n) is 7.68. The summed E-state index contributed by atoms with van der Waals surface area (Å²) < 4.78 is 3.76.